The molecule has 0 saturated heterocycles. The molecular formula is C7H18N2O3+. The first-order valence-corrected chi connectivity index (χ1v) is 4.19. The van der Waals surface area contributed by atoms with Crippen LogP contribution < -0.4 is 5.01 Å². The van der Waals surface area contributed by atoms with Crippen molar-refractivity contribution in [1.82, 2.24) is 10.2 Å². The first-order chi connectivity index (χ1) is 5.76. The summed E-state index contributed by atoms with van der Waals surface area (Å²) >= 11 is 0. The second-order valence-corrected chi connectivity index (χ2v) is 2.50. The lowest BCUT2D eigenvalue weighted by molar-refractivity contribution is -0.197. The molecule has 0 amide bonds. The van der Waals surface area contributed by atoms with Crippen molar-refractivity contribution < 1.29 is 15.4 Å². The van der Waals surface area contributed by atoms with E-state index in [4.69, 9.17) is 10.2 Å². The molecule has 0 aliphatic rings. The molecule has 0 aromatic heterocycles. The van der Waals surface area contributed by atoms with Crippen LogP contribution in [0.5, 0.6) is 0 Å². The molecular weight excluding hydrogens is 160 g/mol. The van der Waals surface area contributed by atoms with Gasteiger partial charge in [-0.3, -0.25) is 5.21 Å². The summed E-state index contributed by atoms with van der Waals surface area (Å²) in [4.78, 5) is 0. The highest BCUT2D eigenvalue weighted by Gasteiger charge is 2.21. The van der Waals surface area contributed by atoms with Gasteiger partial charge in [-0.15, -0.1) is 0 Å². The van der Waals surface area contributed by atoms with E-state index in [9.17, 15) is 5.21 Å². The van der Waals surface area contributed by atoms with Crippen LogP contribution in [0.4, 0.5) is 0 Å². The lowest BCUT2D eigenvalue weighted by atomic mass is 10.5. The quantitative estimate of drug-likeness (QED) is 0.350. The Balaban J connectivity index is 3.72. The fourth-order valence-corrected chi connectivity index (χ4v) is 0.915. The van der Waals surface area contributed by atoms with Crippen LogP contribution in [0.2, 0.25) is 0 Å². The molecule has 0 spiro atoms. The molecule has 0 atom stereocenters. The van der Waals surface area contributed by atoms with Crippen LogP contribution >= 0.6 is 0 Å². The highest BCUT2D eigenvalue weighted by Crippen LogP contribution is 1.90. The average Bonchev–Trinajstić information content (AvgIpc) is 2.04. The second-order valence-electron chi connectivity index (χ2n) is 2.50. The molecule has 0 heterocycles. The van der Waals surface area contributed by atoms with E-state index in [-0.39, 0.29) is 13.2 Å². The predicted molar refractivity (Wildman–Crippen MR) is 44.8 cm³/mol. The maximum Gasteiger partial charge on any atom is 0.170 e. The molecule has 0 aromatic carbocycles. The van der Waals surface area contributed by atoms with Crippen LogP contribution in [0.1, 0.15) is 13.3 Å². The summed E-state index contributed by atoms with van der Waals surface area (Å²) in [7, 11) is 0. The van der Waals surface area contributed by atoms with Crippen LogP contribution in [-0.4, -0.2) is 53.4 Å². The summed E-state index contributed by atoms with van der Waals surface area (Å²) in [5.74, 6) is 0. The van der Waals surface area contributed by atoms with Crippen LogP contribution in [0.25, 0.3) is 0 Å². The van der Waals surface area contributed by atoms with Gasteiger partial charge in [0.1, 0.15) is 0 Å². The van der Waals surface area contributed by atoms with E-state index in [0.29, 0.717) is 19.6 Å². The van der Waals surface area contributed by atoms with Gasteiger partial charge < -0.3 is 10.2 Å². The fraction of sp³-hybridized carbons (Fsp3) is 1.00. The fourth-order valence-electron chi connectivity index (χ4n) is 0.915. The standard InChI is InChI=1S/C7H18N2O3/c1-2-3-9(12)8(4-6-10)5-7-11/h10-12H,2-7H2,1H3/q+1. The van der Waals surface area contributed by atoms with Crippen LogP contribution in [-0.2, 0) is 0 Å². The van der Waals surface area contributed by atoms with Gasteiger partial charge >= 0.3 is 0 Å². The Hall–Kier alpha value is -0.200. The number of hydrogen-bond acceptors (Lipinski definition) is 5. The van der Waals surface area contributed by atoms with E-state index in [1.807, 2.05) is 6.92 Å². The summed E-state index contributed by atoms with van der Waals surface area (Å²) in [6, 6.07) is 0. The molecule has 0 aromatic rings. The minimum Gasteiger partial charge on any atom is -0.390 e. The smallest absolute Gasteiger partial charge is 0.170 e. The van der Waals surface area contributed by atoms with E-state index in [1.54, 1.807) is 0 Å². The first-order valence-electron chi connectivity index (χ1n) is 4.19. The average molecular weight is 178 g/mol. The zero-order chi connectivity index (χ0) is 9.40. The molecule has 0 bridgehead atoms. The van der Waals surface area contributed by atoms with Gasteiger partial charge in [0, 0.05) is 5.17 Å². The molecule has 0 rings (SSSR count). The Labute approximate surface area is 72.8 Å². The number of aliphatic hydroxyl groups excluding tert-OH is 2. The van der Waals surface area contributed by atoms with Gasteiger partial charge in [0.2, 0.25) is 0 Å². The monoisotopic (exact) mass is 178 g/mol. The molecule has 5 nitrogen and oxygen atoms in total. The maximum atomic E-state index is 9.31. The molecule has 0 aliphatic carbocycles. The van der Waals surface area contributed by atoms with Gasteiger partial charge in [0.25, 0.3) is 0 Å². The number of aliphatic hydroxyl groups is 2. The number of hydroxylamine groups is 1. The van der Waals surface area contributed by atoms with Crippen molar-refractivity contribution >= 4 is 0 Å². The van der Waals surface area contributed by atoms with E-state index in [1.165, 1.54) is 5.01 Å². The minimum absolute atomic E-state index is 0.0270. The highest BCUT2D eigenvalue weighted by atomic mass is 16.5. The molecule has 1 radical (unpaired) electrons. The summed E-state index contributed by atoms with van der Waals surface area (Å²) in [6.45, 7) is 3.09. The largest absolute Gasteiger partial charge is 0.390 e. The SMILES string of the molecule is CCCN(O)[N+](CCO)CCO. The van der Waals surface area contributed by atoms with Gasteiger partial charge in [0.15, 0.2) is 13.1 Å². The third-order valence-corrected chi connectivity index (χ3v) is 1.47. The molecule has 0 unspecified atom stereocenters. The zero-order valence-corrected chi connectivity index (χ0v) is 7.48. The second kappa shape index (κ2) is 7.45. The third kappa shape index (κ3) is 4.63. The van der Waals surface area contributed by atoms with Crippen LogP contribution in [0, 0.1) is 0 Å². The molecule has 73 valence electrons. The Bertz CT molecular complexity index is 96.7. The summed E-state index contributed by atoms with van der Waals surface area (Å²) in [5, 5.41) is 29.1. The zero-order valence-electron chi connectivity index (χ0n) is 7.48. The first kappa shape index (κ1) is 11.8. The molecule has 3 N–H and O–H groups in total. The third-order valence-electron chi connectivity index (χ3n) is 1.47. The minimum atomic E-state index is -0.0270. The predicted octanol–water partition coefficient (Wildman–Crippen LogP) is -0.873. The highest BCUT2D eigenvalue weighted by molar-refractivity contribution is 4.55. The van der Waals surface area contributed by atoms with Crippen LogP contribution in [0.3, 0.4) is 0 Å². The molecule has 0 saturated carbocycles. The van der Waals surface area contributed by atoms with Gasteiger partial charge in [-0.05, 0) is 11.4 Å². The molecule has 0 fully saturated rings. The molecule has 5 heteroatoms. The van der Waals surface area contributed by atoms with Gasteiger partial charge in [-0.2, -0.15) is 0 Å². The van der Waals surface area contributed by atoms with E-state index >= 15 is 0 Å². The number of rotatable bonds is 7. The Kier molecular flexibility index (Phi) is 7.33. The normalized spacial score (nSPS) is 11.5. The van der Waals surface area contributed by atoms with Crippen molar-refractivity contribution in [2.24, 2.45) is 0 Å². The van der Waals surface area contributed by atoms with Crippen molar-refractivity contribution in [3.8, 4) is 0 Å². The van der Waals surface area contributed by atoms with E-state index < -0.39 is 0 Å². The van der Waals surface area contributed by atoms with Crippen molar-refractivity contribution in [1.29, 1.82) is 0 Å². The number of nitrogens with zero attached hydrogens (tertiary/aromatic N) is 2. The van der Waals surface area contributed by atoms with Crippen molar-refractivity contribution in [2.45, 2.75) is 13.3 Å². The van der Waals surface area contributed by atoms with Crippen LogP contribution in [0.15, 0.2) is 0 Å². The van der Waals surface area contributed by atoms with E-state index in [0.717, 1.165) is 11.6 Å². The summed E-state index contributed by atoms with van der Waals surface area (Å²) in [6.07, 6.45) is 0.823. The lowest BCUT2D eigenvalue weighted by Crippen LogP contribution is -2.49. The number of hydrogen-bond donors (Lipinski definition) is 3. The van der Waals surface area contributed by atoms with Crippen molar-refractivity contribution in [3.05, 3.63) is 0 Å². The summed E-state index contributed by atoms with van der Waals surface area (Å²) in [5.41, 5.74) is 0. The molecule has 12 heavy (non-hydrogen) atoms. The number of hydrazine groups is 1. The lowest BCUT2D eigenvalue weighted by Gasteiger charge is -2.16. The van der Waals surface area contributed by atoms with Gasteiger partial charge in [0.05, 0.1) is 19.8 Å². The Morgan fingerprint density at radius 3 is 2.00 bits per heavy atom. The summed E-state index contributed by atoms with van der Waals surface area (Å²) < 4.78 is 0. The van der Waals surface area contributed by atoms with Crippen molar-refractivity contribution in [2.75, 3.05) is 32.8 Å². The van der Waals surface area contributed by atoms with Gasteiger partial charge in [-0.1, -0.05) is 6.92 Å². The Morgan fingerprint density at radius 2 is 1.67 bits per heavy atom. The topological polar surface area (TPSA) is 69.8 Å². The van der Waals surface area contributed by atoms with E-state index in [2.05, 4.69) is 0 Å². The van der Waals surface area contributed by atoms with Crippen molar-refractivity contribution in [3.63, 3.8) is 0 Å². The maximum absolute atomic E-state index is 9.31. The van der Waals surface area contributed by atoms with Gasteiger partial charge in [-0.25, -0.2) is 0 Å². The molecule has 0 aliphatic heterocycles. The Morgan fingerprint density at radius 1 is 1.17 bits per heavy atom.